The van der Waals surface area contributed by atoms with Gasteiger partial charge in [0.05, 0.1) is 17.4 Å². The van der Waals surface area contributed by atoms with Gasteiger partial charge in [0.15, 0.2) is 0 Å². The SMILES string of the molecule is CCC(C)(c1cccc2c3cc(CC(C)(C)C)ccc3n3c(-c4c(C)cccc4C)cnc3c12)C(C)S. The number of imidazole rings is 1. The van der Waals surface area contributed by atoms with Crippen molar-refractivity contribution in [2.24, 2.45) is 5.41 Å². The van der Waals surface area contributed by atoms with Crippen molar-refractivity contribution in [2.75, 3.05) is 0 Å². The van der Waals surface area contributed by atoms with Crippen molar-refractivity contribution in [3.63, 3.8) is 0 Å². The van der Waals surface area contributed by atoms with E-state index in [4.69, 9.17) is 17.6 Å². The number of hydrogen-bond acceptors (Lipinski definition) is 2. The molecular weight excluding hydrogens is 468 g/mol. The van der Waals surface area contributed by atoms with E-state index >= 15 is 0 Å². The van der Waals surface area contributed by atoms with Crippen LogP contribution in [0.2, 0.25) is 0 Å². The van der Waals surface area contributed by atoms with Crippen LogP contribution in [0.5, 0.6) is 0 Å². The molecule has 3 aromatic carbocycles. The molecular formula is C34H40N2S. The van der Waals surface area contributed by atoms with Gasteiger partial charge in [-0.1, -0.05) is 84.0 Å². The summed E-state index contributed by atoms with van der Waals surface area (Å²) in [5.74, 6) is 0. The maximum Gasteiger partial charge on any atom is 0.145 e. The fourth-order valence-electron chi connectivity index (χ4n) is 6.09. The molecule has 3 heteroatoms. The Bertz CT molecular complexity index is 1610. The van der Waals surface area contributed by atoms with E-state index in [-0.39, 0.29) is 16.1 Å². The number of pyridine rings is 1. The van der Waals surface area contributed by atoms with Gasteiger partial charge >= 0.3 is 0 Å². The maximum atomic E-state index is 5.14. The number of thiol groups is 1. The van der Waals surface area contributed by atoms with Gasteiger partial charge in [-0.2, -0.15) is 12.6 Å². The van der Waals surface area contributed by atoms with E-state index in [2.05, 4.69) is 121 Å². The average Bonchev–Trinajstić information content (AvgIpc) is 3.27. The van der Waals surface area contributed by atoms with Gasteiger partial charge < -0.3 is 0 Å². The molecule has 5 aromatic rings. The predicted molar refractivity (Wildman–Crippen MR) is 164 cm³/mol. The summed E-state index contributed by atoms with van der Waals surface area (Å²) in [6.07, 6.45) is 4.13. The van der Waals surface area contributed by atoms with Crippen LogP contribution < -0.4 is 0 Å². The molecule has 0 amide bonds. The van der Waals surface area contributed by atoms with Crippen LogP contribution in [-0.2, 0) is 11.8 Å². The lowest BCUT2D eigenvalue weighted by Gasteiger charge is -2.34. The Morgan fingerprint density at radius 3 is 2.22 bits per heavy atom. The van der Waals surface area contributed by atoms with Gasteiger partial charge in [0.25, 0.3) is 0 Å². The average molecular weight is 509 g/mol. The second-order valence-electron chi connectivity index (χ2n) is 12.3. The molecule has 2 nitrogen and oxygen atoms in total. The molecule has 0 saturated carbocycles. The molecule has 37 heavy (non-hydrogen) atoms. The summed E-state index contributed by atoms with van der Waals surface area (Å²) >= 11 is 4.99. The van der Waals surface area contributed by atoms with Crippen molar-refractivity contribution in [1.82, 2.24) is 9.38 Å². The monoisotopic (exact) mass is 508 g/mol. The number of benzene rings is 3. The summed E-state index contributed by atoms with van der Waals surface area (Å²) in [5, 5.41) is 4.04. The van der Waals surface area contributed by atoms with Gasteiger partial charge in [-0.3, -0.25) is 4.40 Å². The lowest BCUT2D eigenvalue weighted by Crippen LogP contribution is -2.30. The third kappa shape index (κ3) is 4.26. The Morgan fingerprint density at radius 2 is 1.59 bits per heavy atom. The van der Waals surface area contributed by atoms with Gasteiger partial charge in [0, 0.05) is 27.0 Å². The van der Waals surface area contributed by atoms with Crippen molar-refractivity contribution in [3.8, 4) is 11.3 Å². The molecule has 0 aliphatic carbocycles. The molecule has 0 aliphatic rings. The highest BCUT2D eigenvalue weighted by atomic mass is 32.1. The van der Waals surface area contributed by atoms with Gasteiger partial charge in [-0.25, -0.2) is 4.98 Å². The molecule has 0 aliphatic heterocycles. The number of fused-ring (bicyclic) bond motifs is 6. The van der Waals surface area contributed by atoms with E-state index in [9.17, 15) is 0 Å². The quantitative estimate of drug-likeness (QED) is 0.185. The molecule has 0 bridgehead atoms. The standard InChI is InChI=1S/C34H40N2S/c1-9-34(8,23(4)37)27-15-11-14-25-26-18-24(19-33(5,6)7)16-17-28(26)36-29(20-35-32(36)31(25)27)30-21(2)12-10-13-22(30)3/h10-18,20,23,37H,9,19H2,1-8H3. The van der Waals surface area contributed by atoms with Crippen LogP contribution in [0.1, 0.15) is 70.2 Å². The van der Waals surface area contributed by atoms with Crippen molar-refractivity contribution in [2.45, 2.75) is 78.9 Å². The van der Waals surface area contributed by atoms with Crippen LogP contribution >= 0.6 is 12.6 Å². The maximum absolute atomic E-state index is 5.14. The highest BCUT2D eigenvalue weighted by Crippen LogP contribution is 2.43. The normalized spacial score (nSPS) is 14.9. The van der Waals surface area contributed by atoms with E-state index in [1.54, 1.807) is 0 Å². The Balaban J connectivity index is 2.00. The Hall–Kier alpha value is -2.78. The van der Waals surface area contributed by atoms with E-state index in [0.29, 0.717) is 0 Å². The summed E-state index contributed by atoms with van der Waals surface area (Å²) in [6.45, 7) is 18.2. The molecule has 2 atom stereocenters. The minimum Gasteiger partial charge on any atom is -0.292 e. The van der Waals surface area contributed by atoms with Gasteiger partial charge in [-0.05, 0) is 71.9 Å². The fourth-order valence-corrected chi connectivity index (χ4v) is 6.41. The molecule has 0 N–H and O–H groups in total. The van der Waals surface area contributed by atoms with E-state index in [0.717, 1.165) is 24.2 Å². The smallest absolute Gasteiger partial charge is 0.145 e. The van der Waals surface area contributed by atoms with Crippen molar-refractivity contribution in [3.05, 3.63) is 83.0 Å². The number of nitrogens with zero attached hydrogens (tertiary/aromatic N) is 2. The van der Waals surface area contributed by atoms with Crippen LogP contribution in [0.25, 0.3) is 38.6 Å². The summed E-state index contributed by atoms with van der Waals surface area (Å²) in [4.78, 5) is 5.14. The topological polar surface area (TPSA) is 17.3 Å². The number of aryl methyl sites for hydroxylation is 2. The van der Waals surface area contributed by atoms with E-state index in [1.807, 2.05) is 0 Å². The van der Waals surface area contributed by atoms with Gasteiger partial charge in [0.2, 0.25) is 0 Å². The van der Waals surface area contributed by atoms with Crippen LogP contribution in [0.3, 0.4) is 0 Å². The Labute approximate surface area is 227 Å². The lowest BCUT2D eigenvalue weighted by atomic mass is 9.75. The molecule has 0 saturated heterocycles. The van der Waals surface area contributed by atoms with E-state index in [1.165, 1.54) is 49.5 Å². The Morgan fingerprint density at radius 1 is 0.919 bits per heavy atom. The van der Waals surface area contributed by atoms with Crippen LogP contribution in [0.15, 0.2) is 60.8 Å². The van der Waals surface area contributed by atoms with E-state index < -0.39 is 0 Å². The lowest BCUT2D eigenvalue weighted by molar-refractivity contribution is 0.411. The summed E-state index contributed by atoms with van der Waals surface area (Å²) in [6, 6.07) is 20.4. The Kier molecular flexibility index (Phi) is 6.43. The second-order valence-corrected chi connectivity index (χ2v) is 13.1. The molecule has 5 rings (SSSR count). The first kappa shape index (κ1) is 25.9. The molecule has 0 radical (unpaired) electrons. The molecule has 2 unspecified atom stereocenters. The summed E-state index contributed by atoms with van der Waals surface area (Å²) in [5.41, 5.74) is 10.1. The third-order valence-corrected chi connectivity index (χ3v) is 8.96. The fraction of sp³-hybridized carbons (Fsp3) is 0.382. The molecule has 0 spiro atoms. The third-order valence-electron chi connectivity index (χ3n) is 8.39. The molecule has 0 fully saturated rings. The highest BCUT2D eigenvalue weighted by Gasteiger charge is 2.32. The predicted octanol–water partition coefficient (Wildman–Crippen LogP) is 9.50. The minimum atomic E-state index is -0.0789. The molecule has 192 valence electrons. The zero-order valence-corrected chi connectivity index (χ0v) is 24.5. The van der Waals surface area contributed by atoms with Crippen molar-refractivity contribution < 1.29 is 0 Å². The first-order valence-corrected chi connectivity index (χ1v) is 14.1. The molecule has 2 heterocycles. The van der Waals surface area contributed by atoms with Crippen LogP contribution in [0.4, 0.5) is 0 Å². The number of hydrogen-bond donors (Lipinski definition) is 1. The van der Waals surface area contributed by atoms with Crippen molar-refractivity contribution >= 4 is 40.0 Å². The second kappa shape index (κ2) is 9.20. The number of rotatable bonds is 5. The zero-order chi connectivity index (χ0) is 26.7. The van der Waals surface area contributed by atoms with Gasteiger partial charge in [0.1, 0.15) is 5.65 Å². The molecule has 2 aromatic heterocycles. The summed E-state index contributed by atoms with van der Waals surface area (Å²) in [7, 11) is 0. The zero-order valence-electron chi connectivity index (χ0n) is 23.6. The summed E-state index contributed by atoms with van der Waals surface area (Å²) < 4.78 is 2.41. The van der Waals surface area contributed by atoms with Crippen molar-refractivity contribution in [1.29, 1.82) is 0 Å². The first-order chi connectivity index (χ1) is 17.5. The van der Waals surface area contributed by atoms with Crippen LogP contribution in [-0.4, -0.2) is 14.6 Å². The van der Waals surface area contributed by atoms with Gasteiger partial charge in [-0.15, -0.1) is 0 Å². The van der Waals surface area contributed by atoms with Crippen LogP contribution in [0, 0.1) is 19.3 Å². The highest BCUT2D eigenvalue weighted by molar-refractivity contribution is 7.81. The number of aromatic nitrogens is 2. The first-order valence-electron chi connectivity index (χ1n) is 13.6. The largest absolute Gasteiger partial charge is 0.292 e. The minimum absolute atomic E-state index is 0.0789.